The van der Waals surface area contributed by atoms with Crippen molar-refractivity contribution in [3.63, 3.8) is 0 Å². The van der Waals surface area contributed by atoms with Gasteiger partial charge in [-0.15, -0.1) is 0 Å². The number of nitrogen functional groups attached to an aromatic ring is 1. The average molecular weight is 215 g/mol. The van der Waals surface area contributed by atoms with Crippen LogP contribution in [-0.2, 0) is 10.2 Å². The monoisotopic (exact) mass is 215 g/mol. The minimum atomic E-state index is -3.42. The number of benzene rings is 1. The third-order valence-corrected chi connectivity index (χ3v) is 3.32. The Hall–Kier alpha value is -1.27. The summed E-state index contributed by atoms with van der Waals surface area (Å²) in [6, 6.07) is 6.59. The molecule has 0 radical (unpaired) electrons. The van der Waals surface area contributed by atoms with Crippen LogP contribution in [0.25, 0.3) is 0 Å². The third-order valence-electron chi connectivity index (χ3n) is 1.88. The second-order valence-corrected chi connectivity index (χ2v) is 4.67. The number of hydrogen-bond acceptors (Lipinski definition) is 3. The maximum Gasteiger partial charge on any atom is 0.301 e. The highest BCUT2D eigenvalue weighted by Crippen LogP contribution is 2.16. The van der Waals surface area contributed by atoms with Gasteiger partial charge in [-0.2, -0.15) is 8.42 Å². The van der Waals surface area contributed by atoms with Gasteiger partial charge in [-0.3, -0.25) is 4.31 Å². The van der Waals surface area contributed by atoms with E-state index < -0.39 is 10.2 Å². The molecule has 1 aromatic rings. The van der Waals surface area contributed by atoms with Gasteiger partial charge in [0, 0.05) is 19.8 Å². The lowest BCUT2D eigenvalue weighted by Gasteiger charge is -2.18. The Kier molecular flexibility index (Phi) is 2.97. The Morgan fingerprint density at radius 3 is 2.21 bits per heavy atom. The molecule has 0 spiro atoms. The number of rotatable bonds is 3. The number of anilines is 2. The van der Waals surface area contributed by atoms with E-state index in [1.54, 1.807) is 24.3 Å². The molecular formula is C8H13N3O2S. The van der Waals surface area contributed by atoms with Crippen LogP contribution < -0.4 is 14.8 Å². The van der Waals surface area contributed by atoms with Crippen molar-refractivity contribution in [2.45, 2.75) is 0 Å². The van der Waals surface area contributed by atoms with Crippen LogP contribution in [-0.4, -0.2) is 22.5 Å². The van der Waals surface area contributed by atoms with Crippen LogP contribution >= 0.6 is 0 Å². The largest absolute Gasteiger partial charge is 0.399 e. The quantitative estimate of drug-likeness (QED) is 0.706. The maximum absolute atomic E-state index is 11.4. The Morgan fingerprint density at radius 1 is 1.29 bits per heavy atom. The number of nitrogens with zero attached hydrogens (tertiary/aromatic N) is 1. The summed E-state index contributed by atoms with van der Waals surface area (Å²) >= 11 is 0. The summed E-state index contributed by atoms with van der Waals surface area (Å²) in [4.78, 5) is 0. The molecule has 0 aliphatic carbocycles. The van der Waals surface area contributed by atoms with E-state index in [2.05, 4.69) is 4.72 Å². The van der Waals surface area contributed by atoms with Crippen LogP contribution in [0.3, 0.4) is 0 Å². The highest BCUT2D eigenvalue weighted by molar-refractivity contribution is 7.90. The van der Waals surface area contributed by atoms with Crippen molar-refractivity contribution in [1.29, 1.82) is 0 Å². The molecule has 0 saturated carbocycles. The van der Waals surface area contributed by atoms with E-state index in [1.165, 1.54) is 14.1 Å². The average Bonchev–Trinajstić information content (AvgIpc) is 2.18. The molecule has 6 heteroatoms. The zero-order chi connectivity index (χ0) is 10.8. The van der Waals surface area contributed by atoms with Crippen LogP contribution in [0.4, 0.5) is 11.4 Å². The zero-order valence-corrected chi connectivity index (χ0v) is 8.88. The topological polar surface area (TPSA) is 75.4 Å². The number of nitrogens with two attached hydrogens (primary N) is 1. The molecular weight excluding hydrogens is 202 g/mol. The highest BCUT2D eigenvalue weighted by atomic mass is 32.2. The van der Waals surface area contributed by atoms with E-state index in [0.29, 0.717) is 11.4 Å². The first kappa shape index (κ1) is 10.8. The first-order valence-corrected chi connectivity index (χ1v) is 5.44. The lowest BCUT2D eigenvalue weighted by atomic mass is 10.3. The second-order valence-electron chi connectivity index (χ2n) is 2.77. The van der Waals surface area contributed by atoms with Crippen molar-refractivity contribution < 1.29 is 8.42 Å². The molecule has 5 nitrogen and oxygen atoms in total. The lowest BCUT2D eigenvalue weighted by Crippen LogP contribution is -2.35. The van der Waals surface area contributed by atoms with Crippen molar-refractivity contribution >= 4 is 21.6 Å². The van der Waals surface area contributed by atoms with Crippen LogP contribution in [0, 0.1) is 0 Å². The van der Waals surface area contributed by atoms with E-state index in [-0.39, 0.29) is 0 Å². The van der Waals surface area contributed by atoms with E-state index in [0.717, 1.165) is 4.31 Å². The standard InChI is InChI=1S/C8H13N3O2S/c1-10-14(12,13)11(2)8-5-3-7(9)4-6-8/h3-6,10H,9H2,1-2H3. The zero-order valence-electron chi connectivity index (χ0n) is 8.06. The Morgan fingerprint density at radius 2 is 1.79 bits per heavy atom. The van der Waals surface area contributed by atoms with Gasteiger partial charge in [0.15, 0.2) is 0 Å². The van der Waals surface area contributed by atoms with Crippen molar-refractivity contribution in [3.8, 4) is 0 Å². The normalized spacial score (nSPS) is 11.3. The van der Waals surface area contributed by atoms with E-state index >= 15 is 0 Å². The summed E-state index contributed by atoms with van der Waals surface area (Å²) in [5, 5.41) is 0. The second kappa shape index (κ2) is 3.85. The molecule has 0 saturated heterocycles. The predicted molar refractivity (Wildman–Crippen MR) is 57.2 cm³/mol. The van der Waals surface area contributed by atoms with Gasteiger partial charge in [-0.1, -0.05) is 0 Å². The molecule has 0 amide bonds. The van der Waals surface area contributed by atoms with Crippen LogP contribution in [0.2, 0.25) is 0 Å². The van der Waals surface area contributed by atoms with Crippen LogP contribution in [0.15, 0.2) is 24.3 Å². The summed E-state index contributed by atoms with van der Waals surface area (Å²) in [5.41, 5.74) is 6.65. The first-order valence-electron chi connectivity index (χ1n) is 4.00. The van der Waals surface area contributed by atoms with Gasteiger partial charge in [0.1, 0.15) is 0 Å². The van der Waals surface area contributed by atoms with Crippen molar-refractivity contribution in [2.75, 3.05) is 24.1 Å². The summed E-state index contributed by atoms with van der Waals surface area (Å²) in [7, 11) is -0.588. The molecule has 3 N–H and O–H groups in total. The molecule has 0 unspecified atom stereocenters. The Labute approximate surface area is 83.7 Å². The molecule has 0 aliphatic rings. The molecule has 0 aliphatic heterocycles. The molecule has 1 aromatic carbocycles. The van der Waals surface area contributed by atoms with Gasteiger partial charge in [0.05, 0.1) is 5.69 Å². The molecule has 1 rings (SSSR count). The summed E-state index contributed by atoms with van der Waals surface area (Å²) in [6.07, 6.45) is 0. The van der Waals surface area contributed by atoms with Gasteiger partial charge >= 0.3 is 10.2 Å². The molecule has 0 fully saturated rings. The molecule has 0 atom stereocenters. The first-order chi connectivity index (χ1) is 6.47. The molecule has 14 heavy (non-hydrogen) atoms. The molecule has 0 bridgehead atoms. The smallest absolute Gasteiger partial charge is 0.301 e. The predicted octanol–water partition coefficient (Wildman–Crippen LogP) is 0.169. The fourth-order valence-corrected chi connectivity index (χ4v) is 1.63. The van der Waals surface area contributed by atoms with Gasteiger partial charge in [0.25, 0.3) is 0 Å². The summed E-state index contributed by atoms with van der Waals surface area (Å²) in [5.74, 6) is 0. The van der Waals surface area contributed by atoms with E-state index in [4.69, 9.17) is 5.73 Å². The maximum atomic E-state index is 11.4. The molecule has 78 valence electrons. The minimum absolute atomic E-state index is 0.563. The van der Waals surface area contributed by atoms with Crippen LogP contribution in [0.1, 0.15) is 0 Å². The summed E-state index contributed by atoms with van der Waals surface area (Å²) in [6.45, 7) is 0. The number of hydrogen-bond donors (Lipinski definition) is 2. The van der Waals surface area contributed by atoms with E-state index in [1.807, 2.05) is 0 Å². The van der Waals surface area contributed by atoms with Crippen LogP contribution in [0.5, 0.6) is 0 Å². The van der Waals surface area contributed by atoms with Crippen molar-refractivity contribution in [2.24, 2.45) is 0 Å². The lowest BCUT2D eigenvalue weighted by molar-refractivity contribution is 0.586. The minimum Gasteiger partial charge on any atom is -0.399 e. The SMILES string of the molecule is CNS(=O)(=O)N(C)c1ccc(N)cc1. The van der Waals surface area contributed by atoms with Gasteiger partial charge in [-0.25, -0.2) is 4.72 Å². The van der Waals surface area contributed by atoms with Crippen molar-refractivity contribution in [1.82, 2.24) is 4.72 Å². The Bertz CT molecular complexity index is 399. The van der Waals surface area contributed by atoms with Gasteiger partial charge in [0.2, 0.25) is 0 Å². The van der Waals surface area contributed by atoms with E-state index in [9.17, 15) is 8.42 Å². The third kappa shape index (κ3) is 2.15. The Balaban J connectivity index is 3.01. The van der Waals surface area contributed by atoms with Crippen molar-refractivity contribution in [3.05, 3.63) is 24.3 Å². The highest BCUT2D eigenvalue weighted by Gasteiger charge is 2.14. The van der Waals surface area contributed by atoms with Gasteiger partial charge < -0.3 is 5.73 Å². The van der Waals surface area contributed by atoms with Gasteiger partial charge in [-0.05, 0) is 24.3 Å². The fourth-order valence-electron chi connectivity index (χ4n) is 0.960. The fraction of sp³-hybridized carbons (Fsp3) is 0.250. The molecule has 0 heterocycles. The number of nitrogens with one attached hydrogen (secondary N) is 1. The molecule has 0 aromatic heterocycles. The summed E-state index contributed by atoms with van der Waals surface area (Å²) < 4.78 is 26.1.